The second kappa shape index (κ2) is 5.31. The van der Waals surface area contributed by atoms with Gasteiger partial charge in [0.15, 0.2) is 10.6 Å². The van der Waals surface area contributed by atoms with Gasteiger partial charge in [0.05, 0.1) is 5.69 Å². The van der Waals surface area contributed by atoms with Crippen molar-refractivity contribution in [1.82, 2.24) is 19.5 Å². The molecule has 0 radical (unpaired) electrons. The number of hydrogen-bond acceptors (Lipinski definition) is 6. The molecule has 0 aliphatic rings. The number of rotatable bonds is 4. The first kappa shape index (κ1) is 15.9. The van der Waals surface area contributed by atoms with Crippen molar-refractivity contribution in [2.24, 2.45) is 0 Å². The van der Waals surface area contributed by atoms with Crippen LogP contribution in [0.1, 0.15) is 25.4 Å². The van der Waals surface area contributed by atoms with Gasteiger partial charge in [-0.25, -0.2) is 4.98 Å². The average Bonchev–Trinajstić information content (AvgIpc) is 3.10. The first-order valence-corrected chi connectivity index (χ1v) is 7.53. The predicted octanol–water partition coefficient (Wildman–Crippen LogP) is 3.61. The number of thiazole rings is 1. The van der Waals surface area contributed by atoms with Crippen LogP contribution in [0.3, 0.4) is 0 Å². The molecule has 3 rings (SSSR count). The highest BCUT2D eigenvalue weighted by Gasteiger charge is 2.48. The third kappa shape index (κ3) is 2.83. The van der Waals surface area contributed by atoms with Crippen LogP contribution in [0.15, 0.2) is 16.1 Å². The highest BCUT2D eigenvalue weighted by molar-refractivity contribution is 7.15. The Morgan fingerprint density at radius 1 is 1.30 bits per heavy atom. The highest BCUT2D eigenvalue weighted by atomic mass is 32.1. The number of nitrogens with zero attached hydrogens (tertiary/aromatic N) is 4. The molecule has 3 aromatic rings. The standard InChI is InChI=1S/C13H13F3N4O2S/c1-7-9(20-4-5-23-11(20)17-7)10-18-8(22-19-10)6-21-12(2,3)13(14,15)16/h4-5H,6H2,1-3H3. The van der Waals surface area contributed by atoms with Gasteiger partial charge < -0.3 is 9.26 Å². The zero-order valence-corrected chi connectivity index (χ0v) is 13.3. The third-order valence-electron chi connectivity index (χ3n) is 3.36. The number of imidazole rings is 1. The van der Waals surface area contributed by atoms with Crippen LogP contribution in [-0.2, 0) is 11.3 Å². The van der Waals surface area contributed by atoms with E-state index < -0.39 is 18.4 Å². The van der Waals surface area contributed by atoms with E-state index in [1.165, 1.54) is 11.3 Å². The van der Waals surface area contributed by atoms with Gasteiger partial charge in [-0.3, -0.25) is 4.40 Å². The van der Waals surface area contributed by atoms with E-state index in [1.807, 2.05) is 11.6 Å². The fourth-order valence-electron chi connectivity index (χ4n) is 1.90. The van der Waals surface area contributed by atoms with E-state index in [1.54, 1.807) is 11.3 Å². The maximum atomic E-state index is 12.8. The second-order valence-electron chi connectivity index (χ2n) is 5.41. The number of ether oxygens (including phenoxy) is 1. The van der Waals surface area contributed by atoms with Crippen LogP contribution < -0.4 is 0 Å². The summed E-state index contributed by atoms with van der Waals surface area (Å²) in [6, 6.07) is 0. The maximum Gasteiger partial charge on any atom is 0.416 e. The number of aromatic nitrogens is 4. The molecule has 0 unspecified atom stereocenters. The molecule has 10 heteroatoms. The van der Waals surface area contributed by atoms with E-state index in [0.717, 1.165) is 18.8 Å². The number of aryl methyl sites for hydroxylation is 1. The monoisotopic (exact) mass is 346 g/mol. The molecule has 0 bridgehead atoms. The van der Waals surface area contributed by atoms with Gasteiger partial charge in [0.2, 0.25) is 5.82 Å². The Morgan fingerprint density at radius 2 is 2.04 bits per heavy atom. The Kier molecular flexibility index (Phi) is 3.68. The smallest absolute Gasteiger partial charge is 0.356 e. The van der Waals surface area contributed by atoms with Crippen molar-refractivity contribution in [3.8, 4) is 11.5 Å². The van der Waals surface area contributed by atoms with Crippen molar-refractivity contribution in [2.45, 2.75) is 39.2 Å². The first-order chi connectivity index (χ1) is 10.7. The van der Waals surface area contributed by atoms with Gasteiger partial charge in [-0.1, -0.05) is 5.16 Å². The lowest BCUT2D eigenvalue weighted by molar-refractivity contribution is -0.268. The number of hydrogen-bond donors (Lipinski definition) is 0. The average molecular weight is 346 g/mol. The van der Waals surface area contributed by atoms with Crippen LogP contribution in [0, 0.1) is 6.92 Å². The Balaban J connectivity index is 1.81. The minimum atomic E-state index is -4.49. The van der Waals surface area contributed by atoms with E-state index >= 15 is 0 Å². The molecule has 0 aliphatic carbocycles. The lowest BCUT2D eigenvalue weighted by Crippen LogP contribution is -2.41. The van der Waals surface area contributed by atoms with Crippen molar-refractivity contribution >= 4 is 16.3 Å². The molecule has 23 heavy (non-hydrogen) atoms. The van der Waals surface area contributed by atoms with E-state index in [9.17, 15) is 13.2 Å². The zero-order chi connectivity index (χ0) is 16.8. The molecule has 0 amide bonds. The molecule has 3 heterocycles. The van der Waals surface area contributed by atoms with Crippen molar-refractivity contribution in [1.29, 1.82) is 0 Å². The van der Waals surface area contributed by atoms with Crippen LogP contribution in [0.25, 0.3) is 16.5 Å². The fraction of sp³-hybridized carbons (Fsp3) is 0.462. The first-order valence-electron chi connectivity index (χ1n) is 6.65. The normalized spacial score (nSPS) is 13.1. The van der Waals surface area contributed by atoms with Crippen LogP contribution in [-0.4, -0.2) is 31.3 Å². The summed E-state index contributed by atoms with van der Waals surface area (Å²) in [5.74, 6) is 0.235. The molecule has 0 saturated heterocycles. The topological polar surface area (TPSA) is 65.5 Å². The largest absolute Gasteiger partial charge is 0.416 e. The summed E-state index contributed by atoms with van der Waals surface area (Å²) in [5.41, 5.74) is -0.943. The van der Waals surface area contributed by atoms with E-state index in [2.05, 4.69) is 15.1 Å². The summed E-state index contributed by atoms with van der Waals surface area (Å²) < 4.78 is 49.9. The van der Waals surface area contributed by atoms with Crippen molar-refractivity contribution in [3.05, 3.63) is 23.2 Å². The molecule has 0 aromatic carbocycles. The molecule has 6 nitrogen and oxygen atoms in total. The Bertz CT molecular complexity index is 834. The van der Waals surface area contributed by atoms with Crippen LogP contribution in [0.5, 0.6) is 0 Å². The minimum absolute atomic E-state index is 0.0260. The molecule has 0 atom stereocenters. The molecular weight excluding hydrogens is 333 g/mol. The molecule has 0 spiro atoms. The lowest BCUT2D eigenvalue weighted by atomic mass is 10.1. The molecule has 0 aliphatic heterocycles. The predicted molar refractivity (Wildman–Crippen MR) is 76.0 cm³/mol. The molecule has 124 valence electrons. The van der Waals surface area contributed by atoms with E-state index in [-0.39, 0.29) is 11.7 Å². The molecule has 0 fully saturated rings. The van der Waals surface area contributed by atoms with Gasteiger partial charge >= 0.3 is 6.18 Å². The summed E-state index contributed by atoms with van der Waals surface area (Å²) in [6.45, 7) is 3.26. The van der Waals surface area contributed by atoms with Crippen molar-refractivity contribution < 1.29 is 22.4 Å². The maximum absolute atomic E-state index is 12.8. The van der Waals surface area contributed by atoms with Gasteiger partial charge in [0.25, 0.3) is 5.89 Å². The van der Waals surface area contributed by atoms with E-state index in [0.29, 0.717) is 11.4 Å². The van der Waals surface area contributed by atoms with Gasteiger partial charge in [-0.15, -0.1) is 11.3 Å². The van der Waals surface area contributed by atoms with E-state index in [4.69, 9.17) is 9.26 Å². The van der Waals surface area contributed by atoms with Crippen LogP contribution >= 0.6 is 11.3 Å². The lowest BCUT2D eigenvalue weighted by Gasteiger charge is -2.27. The molecule has 3 aromatic heterocycles. The number of alkyl halides is 3. The summed E-state index contributed by atoms with van der Waals surface area (Å²) >= 11 is 1.46. The molecule has 0 saturated carbocycles. The summed E-state index contributed by atoms with van der Waals surface area (Å²) in [4.78, 5) is 9.23. The van der Waals surface area contributed by atoms with Gasteiger partial charge in [-0.2, -0.15) is 18.2 Å². The van der Waals surface area contributed by atoms with Gasteiger partial charge in [-0.05, 0) is 20.8 Å². The third-order valence-corrected chi connectivity index (χ3v) is 4.11. The summed E-state index contributed by atoms with van der Waals surface area (Å²) in [5, 5.41) is 5.67. The highest BCUT2D eigenvalue weighted by Crippen LogP contribution is 2.33. The van der Waals surface area contributed by atoms with Gasteiger partial charge in [0.1, 0.15) is 12.3 Å². The molecular formula is C13H13F3N4O2S. The summed E-state index contributed by atoms with van der Waals surface area (Å²) in [7, 11) is 0. The minimum Gasteiger partial charge on any atom is -0.356 e. The van der Waals surface area contributed by atoms with Crippen molar-refractivity contribution in [2.75, 3.05) is 0 Å². The molecule has 0 N–H and O–H groups in total. The quantitative estimate of drug-likeness (QED) is 0.722. The Morgan fingerprint density at radius 3 is 2.74 bits per heavy atom. The van der Waals surface area contributed by atoms with Crippen LogP contribution in [0.4, 0.5) is 13.2 Å². The zero-order valence-electron chi connectivity index (χ0n) is 12.5. The van der Waals surface area contributed by atoms with Crippen molar-refractivity contribution in [3.63, 3.8) is 0 Å². The number of halogens is 3. The second-order valence-corrected chi connectivity index (χ2v) is 6.28. The van der Waals surface area contributed by atoms with Crippen LogP contribution in [0.2, 0.25) is 0 Å². The SMILES string of the molecule is Cc1nc2sccn2c1-c1noc(COC(C)(C)C(F)(F)F)n1. The Labute approximate surface area is 132 Å². The summed E-state index contributed by atoms with van der Waals surface area (Å²) in [6.07, 6.45) is -2.67. The Hall–Kier alpha value is -1.94. The van der Waals surface area contributed by atoms with Gasteiger partial charge in [0, 0.05) is 11.6 Å². The fourth-order valence-corrected chi connectivity index (χ4v) is 2.66. The number of fused-ring (bicyclic) bond motifs is 1.